The Bertz CT molecular complexity index is 1220. The topological polar surface area (TPSA) is 81.1 Å². The lowest BCUT2D eigenvalue weighted by Crippen LogP contribution is -2.48. The zero-order valence-corrected chi connectivity index (χ0v) is 22.5. The maximum atomic E-state index is 9.10. The van der Waals surface area contributed by atoms with E-state index in [0.717, 1.165) is 39.1 Å². The summed E-state index contributed by atoms with van der Waals surface area (Å²) >= 11 is 0. The van der Waals surface area contributed by atoms with Crippen molar-refractivity contribution in [1.82, 2.24) is 9.80 Å². The van der Waals surface area contributed by atoms with Crippen molar-refractivity contribution in [2.45, 2.75) is 18.4 Å². The van der Waals surface area contributed by atoms with Crippen LogP contribution in [0.4, 0.5) is 0 Å². The molecule has 1 aliphatic heterocycles. The fourth-order valence-corrected chi connectivity index (χ4v) is 5.34. The van der Waals surface area contributed by atoms with Crippen molar-refractivity contribution in [2.75, 3.05) is 32.7 Å². The molecule has 2 N–H and O–H groups in total. The summed E-state index contributed by atoms with van der Waals surface area (Å²) in [5.41, 5.74) is 5.60. The molecule has 40 heavy (non-hydrogen) atoms. The van der Waals surface area contributed by atoms with Gasteiger partial charge in [0.15, 0.2) is 0 Å². The van der Waals surface area contributed by atoms with E-state index in [9.17, 15) is 0 Å². The van der Waals surface area contributed by atoms with Crippen LogP contribution in [0.25, 0.3) is 0 Å². The van der Waals surface area contributed by atoms with Crippen molar-refractivity contribution in [2.24, 2.45) is 0 Å². The molecule has 1 saturated heterocycles. The van der Waals surface area contributed by atoms with E-state index in [-0.39, 0.29) is 0 Å². The zero-order chi connectivity index (χ0) is 28.2. The van der Waals surface area contributed by atoms with Crippen LogP contribution in [-0.2, 0) is 9.59 Å². The maximum Gasteiger partial charge on any atom is 0.414 e. The number of benzene rings is 4. The number of hydrogen-bond acceptors (Lipinski definition) is 4. The van der Waals surface area contributed by atoms with Gasteiger partial charge in [-0.1, -0.05) is 121 Å². The van der Waals surface area contributed by atoms with Crippen molar-refractivity contribution in [1.29, 1.82) is 0 Å². The van der Waals surface area contributed by atoms with Crippen LogP contribution < -0.4 is 0 Å². The van der Waals surface area contributed by atoms with Crippen molar-refractivity contribution in [3.63, 3.8) is 0 Å². The summed E-state index contributed by atoms with van der Waals surface area (Å²) in [5.74, 6) is -3.20. The molecule has 5 rings (SSSR count). The SMILES string of the molecule is O=C(O)C(=O)O.c1ccc(C(CCN2CCN(C(c3ccccc3)c3ccccc3)CC2)c2ccccc2)cc1. The Kier molecular flexibility index (Phi) is 10.6. The summed E-state index contributed by atoms with van der Waals surface area (Å²) in [5, 5.41) is 14.8. The van der Waals surface area contributed by atoms with E-state index in [0.29, 0.717) is 12.0 Å². The molecule has 0 bridgehead atoms. The van der Waals surface area contributed by atoms with Crippen LogP contribution in [0.15, 0.2) is 121 Å². The summed E-state index contributed by atoms with van der Waals surface area (Å²) in [6, 6.07) is 44.3. The van der Waals surface area contributed by atoms with Gasteiger partial charge in [0, 0.05) is 32.1 Å². The van der Waals surface area contributed by atoms with E-state index in [2.05, 4.69) is 131 Å². The standard InChI is InChI=1S/C32H34N2.C2H2O4/c1-5-13-27(14-6-1)31(28-15-7-2-8-16-28)21-22-33-23-25-34(26-24-33)32(29-17-9-3-10-18-29)30-19-11-4-12-20-30;3-1(4)2(5)6/h1-20,31-32H,21-26H2;(H,3,4)(H,5,6). The van der Waals surface area contributed by atoms with Crippen molar-refractivity contribution in [3.05, 3.63) is 144 Å². The van der Waals surface area contributed by atoms with Gasteiger partial charge in [0.05, 0.1) is 6.04 Å². The second-order valence-corrected chi connectivity index (χ2v) is 9.87. The van der Waals surface area contributed by atoms with Crippen LogP contribution >= 0.6 is 0 Å². The minimum Gasteiger partial charge on any atom is -0.473 e. The van der Waals surface area contributed by atoms with Crippen LogP contribution in [0.5, 0.6) is 0 Å². The number of rotatable bonds is 8. The van der Waals surface area contributed by atoms with Gasteiger partial charge in [0.2, 0.25) is 0 Å². The zero-order valence-electron chi connectivity index (χ0n) is 22.5. The average Bonchev–Trinajstić information content (AvgIpc) is 3.01. The largest absolute Gasteiger partial charge is 0.473 e. The predicted octanol–water partition coefficient (Wildman–Crippen LogP) is 5.77. The van der Waals surface area contributed by atoms with Gasteiger partial charge in [-0.3, -0.25) is 4.90 Å². The lowest BCUT2D eigenvalue weighted by Gasteiger charge is -2.40. The van der Waals surface area contributed by atoms with Crippen LogP contribution in [-0.4, -0.2) is 64.7 Å². The van der Waals surface area contributed by atoms with Gasteiger partial charge in [-0.2, -0.15) is 0 Å². The molecule has 0 amide bonds. The highest BCUT2D eigenvalue weighted by Crippen LogP contribution is 2.31. The lowest BCUT2D eigenvalue weighted by atomic mass is 9.88. The summed E-state index contributed by atoms with van der Waals surface area (Å²) in [6.07, 6.45) is 1.15. The molecule has 0 atom stereocenters. The molecule has 1 aliphatic rings. The number of piperazine rings is 1. The molecule has 0 aromatic heterocycles. The normalized spacial score (nSPS) is 13.9. The van der Waals surface area contributed by atoms with Gasteiger partial charge in [-0.25, -0.2) is 9.59 Å². The van der Waals surface area contributed by atoms with Crippen LogP contribution in [0.1, 0.15) is 40.6 Å². The molecule has 4 aromatic rings. The Hall–Kier alpha value is -4.26. The number of carboxylic acid groups (broad SMARTS) is 2. The van der Waals surface area contributed by atoms with Crippen molar-refractivity contribution < 1.29 is 19.8 Å². The molecule has 6 heteroatoms. The Balaban J connectivity index is 0.000000557. The number of carboxylic acids is 2. The smallest absolute Gasteiger partial charge is 0.414 e. The van der Waals surface area contributed by atoms with Gasteiger partial charge < -0.3 is 15.1 Å². The van der Waals surface area contributed by atoms with E-state index >= 15 is 0 Å². The van der Waals surface area contributed by atoms with Crippen LogP contribution in [0.2, 0.25) is 0 Å². The fraction of sp³-hybridized carbons (Fsp3) is 0.235. The lowest BCUT2D eigenvalue weighted by molar-refractivity contribution is -0.159. The van der Waals surface area contributed by atoms with Gasteiger partial charge in [0.25, 0.3) is 0 Å². The van der Waals surface area contributed by atoms with Gasteiger partial charge in [-0.15, -0.1) is 0 Å². The molecular weight excluding hydrogens is 500 g/mol. The quantitative estimate of drug-likeness (QED) is 0.278. The first-order valence-electron chi connectivity index (χ1n) is 13.7. The first-order valence-corrected chi connectivity index (χ1v) is 13.7. The molecule has 0 radical (unpaired) electrons. The minimum absolute atomic E-state index is 0.325. The van der Waals surface area contributed by atoms with E-state index in [4.69, 9.17) is 19.8 Å². The minimum atomic E-state index is -1.82. The highest BCUT2D eigenvalue weighted by molar-refractivity contribution is 6.27. The third kappa shape index (κ3) is 8.12. The number of aliphatic carboxylic acids is 2. The number of nitrogens with zero attached hydrogens (tertiary/aromatic N) is 2. The highest BCUT2D eigenvalue weighted by atomic mass is 16.4. The molecule has 0 unspecified atom stereocenters. The predicted molar refractivity (Wildman–Crippen MR) is 157 cm³/mol. The molecule has 206 valence electrons. The molecule has 0 aliphatic carbocycles. The van der Waals surface area contributed by atoms with Crippen molar-refractivity contribution in [3.8, 4) is 0 Å². The van der Waals surface area contributed by atoms with Crippen LogP contribution in [0, 0.1) is 0 Å². The molecule has 0 spiro atoms. The molecule has 6 nitrogen and oxygen atoms in total. The molecular formula is C34H36N2O4. The summed E-state index contributed by atoms with van der Waals surface area (Å²) in [4.78, 5) is 23.5. The van der Waals surface area contributed by atoms with E-state index in [1.807, 2.05) is 0 Å². The molecule has 0 saturated carbocycles. The molecule has 1 heterocycles. The number of hydrogen-bond donors (Lipinski definition) is 2. The number of carbonyl (C=O) groups is 2. The van der Waals surface area contributed by atoms with E-state index in [1.165, 1.54) is 22.3 Å². The van der Waals surface area contributed by atoms with E-state index in [1.54, 1.807) is 0 Å². The van der Waals surface area contributed by atoms with Gasteiger partial charge >= 0.3 is 11.9 Å². The van der Waals surface area contributed by atoms with Gasteiger partial charge in [-0.05, 0) is 35.2 Å². The Labute approximate surface area is 236 Å². The Morgan fingerprint density at radius 2 is 0.900 bits per heavy atom. The van der Waals surface area contributed by atoms with Crippen LogP contribution in [0.3, 0.4) is 0 Å². The Morgan fingerprint density at radius 3 is 1.25 bits per heavy atom. The second kappa shape index (κ2) is 14.8. The summed E-state index contributed by atoms with van der Waals surface area (Å²) in [7, 11) is 0. The summed E-state index contributed by atoms with van der Waals surface area (Å²) < 4.78 is 0. The Morgan fingerprint density at radius 1 is 0.550 bits per heavy atom. The highest BCUT2D eigenvalue weighted by Gasteiger charge is 2.26. The average molecular weight is 537 g/mol. The van der Waals surface area contributed by atoms with E-state index < -0.39 is 11.9 Å². The first-order chi connectivity index (χ1) is 19.5. The maximum absolute atomic E-state index is 9.10. The molecule has 1 fully saturated rings. The second-order valence-electron chi connectivity index (χ2n) is 9.87. The van der Waals surface area contributed by atoms with Crippen molar-refractivity contribution >= 4 is 11.9 Å². The summed E-state index contributed by atoms with van der Waals surface area (Å²) in [6.45, 7) is 5.55. The van der Waals surface area contributed by atoms with Gasteiger partial charge in [0.1, 0.15) is 0 Å². The molecule has 4 aromatic carbocycles. The monoisotopic (exact) mass is 536 g/mol. The fourth-order valence-electron chi connectivity index (χ4n) is 5.34. The third-order valence-corrected chi connectivity index (χ3v) is 7.32. The third-order valence-electron chi connectivity index (χ3n) is 7.32. The first kappa shape index (κ1) is 28.7.